The Kier molecular flexibility index (Phi) is 9.60. The first-order valence-corrected chi connectivity index (χ1v) is 12.1. The van der Waals surface area contributed by atoms with E-state index in [9.17, 15) is 9.59 Å². The number of benzene rings is 1. The molecule has 1 aliphatic heterocycles. The maximum atomic E-state index is 12.1. The fourth-order valence-electron chi connectivity index (χ4n) is 2.88. The fraction of sp³-hybridized carbons (Fsp3) is 0.429. The molecule has 31 heavy (non-hydrogen) atoms. The number of ether oxygens (including phenoxy) is 1. The summed E-state index contributed by atoms with van der Waals surface area (Å²) in [4.78, 5) is 35.4. The monoisotopic (exact) mass is 461 g/mol. The van der Waals surface area contributed by atoms with Crippen LogP contribution in [0.25, 0.3) is 0 Å². The zero-order chi connectivity index (χ0) is 21.9. The Bertz CT molecular complexity index is 863. The van der Waals surface area contributed by atoms with Crippen LogP contribution in [0.5, 0.6) is 0 Å². The number of hydrogen-bond acceptors (Lipinski definition) is 8. The van der Waals surface area contributed by atoms with Crippen molar-refractivity contribution in [3.8, 4) is 0 Å². The van der Waals surface area contributed by atoms with E-state index in [1.54, 1.807) is 11.8 Å². The van der Waals surface area contributed by atoms with Crippen LogP contribution in [0.15, 0.2) is 46.6 Å². The molecule has 2 aromatic rings. The summed E-state index contributed by atoms with van der Waals surface area (Å²) in [5.74, 6) is 0.507. The quantitative estimate of drug-likeness (QED) is 0.252. The van der Waals surface area contributed by atoms with Crippen molar-refractivity contribution in [3.63, 3.8) is 0 Å². The van der Waals surface area contributed by atoms with Crippen molar-refractivity contribution < 1.29 is 14.3 Å². The smallest absolute Gasteiger partial charge is 0.248 e. The zero-order valence-corrected chi connectivity index (χ0v) is 19.1. The summed E-state index contributed by atoms with van der Waals surface area (Å²) in [5.41, 5.74) is 6.65. The van der Waals surface area contributed by atoms with Crippen molar-refractivity contribution in [1.82, 2.24) is 25.7 Å². The highest BCUT2D eigenvalue weighted by atomic mass is 32.2. The van der Waals surface area contributed by atoms with Crippen LogP contribution in [-0.2, 0) is 20.7 Å². The lowest BCUT2D eigenvalue weighted by Gasteiger charge is -2.26. The number of carbonyl (C=O) groups is 2. The maximum absolute atomic E-state index is 12.1. The summed E-state index contributed by atoms with van der Waals surface area (Å²) >= 11 is 2.94. The number of carbonyl (C=O) groups excluding carboxylic acids is 2. The summed E-state index contributed by atoms with van der Waals surface area (Å²) in [7, 11) is 0. The lowest BCUT2D eigenvalue weighted by molar-refractivity contribution is -0.127. The minimum absolute atomic E-state index is 0.153. The van der Waals surface area contributed by atoms with Gasteiger partial charge in [-0.15, -0.1) is 0 Å². The van der Waals surface area contributed by atoms with E-state index in [1.165, 1.54) is 11.8 Å². The van der Waals surface area contributed by atoms with Gasteiger partial charge < -0.3 is 4.74 Å². The van der Waals surface area contributed by atoms with E-state index in [0.717, 1.165) is 54.9 Å². The van der Waals surface area contributed by atoms with Gasteiger partial charge in [0.1, 0.15) is 5.03 Å². The second-order valence-electron chi connectivity index (χ2n) is 6.98. The van der Waals surface area contributed by atoms with E-state index in [4.69, 9.17) is 4.74 Å². The summed E-state index contributed by atoms with van der Waals surface area (Å²) in [5, 5.41) is 1.46. The fourth-order valence-corrected chi connectivity index (χ4v) is 4.60. The molecule has 0 unspecified atom stereocenters. The number of rotatable bonds is 9. The van der Waals surface area contributed by atoms with Crippen LogP contribution >= 0.6 is 23.5 Å². The zero-order valence-electron chi connectivity index (χ0n) is 17.5. The second-order valence-corrected chi connectivity index (χ2v) is 9.04. The number of nitrogens with one attached hydrogen (secondary N) is 2. The standard InChI is InChI=1S/C21H27N5O3S2/c1-16-13-20(23-21(22-16)30-12-9-26-7-10-29-11-8-26)31-15-19(28)25-24-18(27)14-17-5-3-2-4-6-17/h2-6,13H,7-12,14-15H2,1H3,(H,24,27)(H,25,28). The molecule has 1 aromatic heterocycles. The van der Waals surface area contributed by atoms with Gasteiger partial charge in [0, 0.05) is 31.1 Å². The average Bonchev–Trinajstić information content (AvgIpc) is 2.77. The number of aryl methyl sites for hydroxylation is 1. The molecule has 0 aliphatic carbocycles. The Morgan fingerprint density at radius 1 is 1.06 bits per heavy atom. The van der Waals surface area contributed by atoms with Crippen molar-refractivity contribution >= 4 is 35.3 Å². The van der Waals surface area contributed by atoms with Gasteiger partial charge in [0.15, 0.2) is 5.16 Å². The van der Waals surface area contributed by atoms with Crippen molar-refractivity contribution in [1.29, 1.82) is 0 Å². The largest absolute Gasteiger partial charge is 0.379 e. The topological polar surface area (TPSA) is 96.5 Å². The van der Waals surface area contributed by atoms with Gasteiger partial charge in [-0.2, -0.15) is 0 Å². The van der Waals surface area contributed by atoms with Crippen LogP contribution in [0.3, 0.4) is 0 Å². The molecule has 1 aliphatic rings. The van der Waals surface area contributed by atoms with E-state index < -0.39 is 0 Å². The van der Waals surface area contributed by atoms with Gasteiger partial charge in [0.25, 0.3) is 0 Å². The van der Waals surface area contributed by atoms with Crippen molar-refractivity contribution in [3.05, 3.63) is 47.7 Å². The predicted octanol–water partition coefficient (Wildman–Crippen LogP) is 1.69. The van der Waals surface area contributed by atoms with Crippen LogP contribution in [-0.4, -0.2) is 71.0 Å². The van der Waals surface area contributed by atoms with Crippen molar-refractivity contribution in [2.75, 3.05) is 44.4 Å². The van der Waals surface area contributed by atoms with Crippen LogP contribution in [0, 0.1) is 6.92 Å². The van der Waals surface area contributed by atoms with Gasteiger partial charge in [-0.25, -0.2) is 9.97 Å². The molecule has 0 radical (unpaired) electrons. The Morgan fingerprint density at radius 2 is 1.81 bits per heavy atom. The third-order valence-corrected chi connectivity index (χ3v) is 6.19. The first-order valence-electron chi connectivity index (χ1n) is 10.1. The minimum Gasteiger partial charge on any atom is -0.379 e. The minimum atomic E-state index is -0.288. The van der Waals surface area contributed by atoms with E-state index in [2.05, 4.69) is 25.7 Å². The predicted molar refractivity (Wildman–Crippen MR) is 122 cm³/mol. The molecule has 2 heterocycles. The molecule has 0 saturated carbocycles. The molecule has 10 heteroatoms. The molecule has 1 saturated heterocycles. The number of amides is 2. The molecule has 1 fully saturated rings. The molecule has 0 spiro atoms. The van der Waals surface area contributed by atoms with Crippen molar-refractivity contribution in [2.45, 2.75) is 23.5 Å². The average molecular weight is 462 g/mol. The number of nitrogens with zero attached hydrogens (tertiary/aromatic N) is 3. The highest BCUT2D eigenvalue weighted by Crippen LogP contribution is 2.21. The van der Waals surface area contributed by atoms with Gasteiger partial charge >= 0.3 is 0 Å². The summed E-state index contributed by atoms with van der Waals surface area (Å²) < 4.78 is 5.37. The van der Waals surface area contributed by atoms with E-state index in [-0.39, 0.29) is 24.0 Å². The normalized spacial score (nSPS) is 14.2. The molecule has 1 aromatic carbocycles. The van der Waals surface area contributed by atoms with Gasteiger partial charge in [-0.1, -0.05) is 53.9 Å². The van der Waals surface area contributed by atoms with Crippen LogP contribution < -0.4 is 10.9 Å². The summed E-state index contributed by atoms with van der Waals surface area (Å²) in [6, 6.07) is 11.2. The van der Waals surface area contributed by atoms with Crippen molar-refractivity contribution in [2.24, 2.45) is 0 Å². The van der Waals surface area contributed by atoms with Gasteiger partial charge in [0.2, 0.25) is 11.8 Å². The third-order valence-electron chi connectivity index (χ3n) is 4.45. The van der Waals surface area contributed by atoms with E-state index in [0.29, 0.717) is 5.16 Å². The maximum Gasteiger partial charge on any atom is 0.248 e. The lowest BCUT2D eigenvalue weighted by Crippen LogP contribution is -2.43. The van der Waals surface area contributed by atoms with E-state index >= 15 is 0 Å². The van der Waals surface area contributed by atoms with E-state index in [1.807, 2.05) is 43.3 Å². The third kappa shape index (κ3) is 8.86. The Hall–Kier alpha value is -2.14. The lowest BCUT2D eigenvalue weighted by atomic mass is 10.1. The molecule has 2 N–H and O–H groups in total. The van der Waals surface area contributed by atoms with Gasteiger partial charge in [-0.05, 0) is 18.6 Å². The molecule has 166 valence electrons. The van der Waals surface area contributed by atoms with Crippen LogP contribution in [0.4, 0.5) is 0 Å². The molecule has 8 nitrogen and oxygen atoms in total. The number of morpholine rings is 1. The first kappa shape index (κ1) is 23.5. The molecular weight excluding hydrogens is 434 g/mol. The number of hydrazine groups is 1. The summed E-state index contributed by atoms with van der Waals surface area (Å²) in [6.07, 6.45) is 0.213. The number of thioether (sulfide) groups is 2. The Labute approximate surface area is 190 Å². The summed E-state index contributed by atoms with van der Waals surface area (Å²) in [6.45, 7) is 6.41. The Balaban J connectivity index is 1.38. The van der Waals surface area contributed by atoms with Crippen LogP contribution in [0.1, 0.15) is 11.3 Å². The highest BCUT2D eigenvalue weighted by molar-refractivity contribution is 8.00. The van der Waals surface area contributed by atoms with Crippen LogP contribution in [0.2, 0.25) is 0 Å². The van der Waals surface area contributed by atoms with Gasteiger partial charge in [0.05, 0.1) is 25.4 Å². The SMILES string of the molecule is Cc1cc(SCC(=O)NNC(=O)Cc2ccccc2)nc(SCCN2CCOCC2)n1. The number of aromatic nitrogens is 2. The molecular formula is C21H27N5O3S2. The molecule has 0 bridgehead atoms. The first-order chi connectivity index (χ1) is 15.1. The molecule has 3 rings (SSSR count). The highest BCUT2D eigenvalue weighted by Gasteiger charge is 2.12. The Morgan fingerprint density at radius 3 is 2.58 bits per heavy atom. The van der Waals surface area contributed by atoms with Gasteiger partial charge in [-0.3, -0.25) is 25.3 Å². The number of hydrogen-bond donors (Lipinski definition) is 2. The molecule has 2 amide bonds. The molecule has 0 atom stereocenters. The second kappa shape index (κ2) is 12.7.